The number of carbonyl (C=O) groups excluding carboxylic acids is 2. The maximum Gasteiger partial charge on any atom is 0.343 e. The summed E-state index contributed by atoms with van der Waals surface area (Å²) < 4.78 is 37.3. The van der Waals surface area contributed by atoms with Crippen LogP contribution in [0.5, 0.6) is 0 Å². The number of hydrogen-bond donors (Lipinski definition) is 2. The zero-order valence-corrected chi connectivity index (χ0v) is 38.7. The molecule has 1 aromatic carbocycles. The Morgan fingerprint density at radius 3 is 2.33 bits per heavy atom. The van der Waals surface area contributed by atoms with Gasteiger partial charge in [-0.2, -0.15) is 0 Å². The molecule has 17 heteroatoms. The third kappa shape index (κ3) is 13.7. The monoisotopic (exact) mass is 849 g/mol. The fourth-order valence-corrected chi connectivity index (χ4v) is 13.4. The summed E-state index contributed by atoms with van der Waals surface area (Å²) in [5, 5.41) is 2.98. The van der Waals surface area contributed by atoms with E-state index >= 15 is 0 Å². The van der Waals surface area contributed by atoms with Crippen LogP contribution in [0.3, 0.4) is 0 Å². The van der Waals surface area contributed by atoms with Gasteiger partial charge in [0.25, 0.3) is 20.0 Å². The number of amides is 1. The summed E-state index contributed by atoms with van der Waals surface area (Å²) in [6.07, 6.45) is 0.336. The van der Waals surface area contributed by atoms with Gasteiger partial charge in [-0.05, 0) is 96.7 Å². The molecule has 318 valence electrons. The molecule has 1 aliphatic rings. The number of ether oxygens (including phenoxy) is 1. The molecule has 1 aromatic heterocycles. The molecule has 1 amide bonds. The Balaban J connectivity index is 1.88. The van der Waals surface area contributed by atoms with Crippen LogP contribution in [0.15, 0.2) is 38.9 Å². The molecule has 1 saturated heterocycles. The first kappa shape index (κ1) is 48.7. The molecular weight excluding hydrogens is 786 g/mol. The lowest BCUT2D eigenvalue weighted by atomic mass is 10.1. The number of H-pyrrole nitrogens is 1. The third-order valence-electron chi connectivity index (χ3n) is 9.62. The number of rotatable bonds is 21. The van der Waals surface area contributed by atoms with E-state index in [1.54, 1.807) is 19.1 Å². The second kappa shape index (κ2) is 21.5. The first-order valence-corrected chi connectivity index (χ1v) is 23.6. The predicted molar refractivity (Wildman–Crippen MR) is 228 cm³/mol. The molecule has 57 heavy (non-hydrogen) atoms. The van der Waals surface area contributed by atoms with Crippen LogP contribution < -0.4 is 16.6 Å². The zero-order valence-electron chi connectivity index (χ0n) is 36.0. The number of aromatic amines is 1. The highest BCUT2D eigenvalue weighted by Crippen LogP contribution is 2.50. The topological polar surface area (TPSA) is 155 Å². The fourth-order valence-electron chi connectivity index (χ4n) is 6.98. The molecule has 0 spiro atoms. The molecule has 2 aromatic rings. The van der Waals surface area contributed by atoms with Crippen molar-refractivity contribution in [2.75, 3.05) is 26.3 Å². The quantitative estimate of drug-likeness (QED) is 0.0419. The molecule has 0 bridgehead atoms. The summed E-state index contributed by atoms with van der Waals surface area (Å²) in [7, 11) is -4.72. The van der Waals surface area contributed by atoms with Gasteiger partial charge in [-0.3, -0.25) is 23.9 Å². The average Bonchev–Trinajstić information content (AvgIpc) is 3.48. The minimum absolute atomic E-state index is 0.0170. The molecule has 1 fully saturated rings. The van der Waals surface area contributed by atoms with E-state index in [2.05, 4.69) is 75.2 Å². The van der Waals surface area contributed by atoms with Gasteiger partial charge in [0, 0.05) is 54.2 Å². The maximum absolute atomic E-state index is 13.2. The van der Waals surface area contributed by atoms with Crippen LogP contribution in [0.2, 0.25) is 11.1 Å². The smallest absolute Gasteiger partial charge is 0.343 e. The number of hydrogen-bond acceptors (Lipinski definition) is 11. The largest absolute Gasteiger partial charge is 0.391 e. The lowest BCUT2D eigenvalue weighted by Crippen LogP contribution is -2.55. The number of carbonyl (C=O) groups is 2. The highest BCUT2D eigenvalue weighted by Gasteiger charge is 2.50. The molecule has 14 nitrogen and oxygen atoms in total. The Morgan fingerprint density at radius 1 is 1.11 bits per heavy atom. The van der Waals surface area contributed by atoms with Crippen LogP contribution in [0, 0.1) is 20.4 Å². The molecule has 4 atom stereocenters. The van der Waals surface area contributed by atoms with E-state index in [1.165, 1.54) is 17.7 Å². The highest BCUT2D eigenvalue weighted by molar-refractivity contribution is 8.13. The van der Waals surface area contributed by atoms with Crippen molar-refractivity contribution in [1.29, 1.82) is 0 Å². The Labute approximate surface area is 345 Å². The molecule has 2 N–H and O–H groups in total. The highest BCUT2D eigenvalue weighted by atomic mass is 32.2. The minimum atomic E-state index is -3.08. The number of aryl methyl sites for hydroxylation is 2. The predicted octanol–water partition coefficient (Wildman–Crippen LogP) is 7.64. The minimum Gasteiger partial charge on any atom is -0.391 e. The lowest BCUT2D eigenvalue weighted by Gasteiger charge is -2.44. The van der Waals surface area contributed by atoms with Crippen molar-refractivity contribution in [3.05, 3.63) is 73.3 Å². The van der Waals surface area contributed by atoms with Gasteiger partial charge in [-0.15, -0.1) is 0 Å². The van der Waals surface area contributed by atoms with Crippen molar-refractivity contribution in [3.8, 4) is 0 Å². The second-order valence-corrected chi connectivity index (χ2v) is 23.2. The fraction of sp³-hybridized carbons (Fsp3) is 0.675. The summed E-state index contributed by atoms with van der Waals surface area (Å²) in [4.78, 5) is 56.8. The standard InChI is InChI=1S/C40H64N5O9PSSi/c1-25(2)45(26(3)4)55(50-18-17-41-14)53-34-22-36(44-23-30(10)37(47)43-39(44)49)52-35(34)24-51-57(27(5)6,28(7)8)54-40(12,13)15-16-42-38(48)32-19-29(9)20-33(21-32)56-31(11)46/h19-21,23,25-28,34-36H,15-18,22,24H2,1-13H3,(H,42,48)(H,43,47,49)/t34-,35-,36-,55?/m1/s1. The van der Waals surface area contributed by atoms with Crippen LogP contribution in [0.4, 0.5) is 0 Å². The van der Waals surface area contributed by atoms with Gasteiger partial charge in [-0.25, -0.2) is 16.0 Å². The molecule has 1 aliphatic heterocycles. The molecule has 3 rings (SSSR count). The zero-order chi connectivity index (χ0) is 42.8. The Morgan fingerprint density at radius 2 is 1.75 bits per heavy atom. The van der Waals surface area contributed by atoms with E-state index in [1.807, 2.05) is 26.8 Å². The third-order valence-corrected chi connectivity index (χ3v) is 17.2. The van der Waals surface area contributed by atoms with Crippen molar-refractivity contribution in [2.45, 2.75) is 155 Å². The first-order valence-electron chi connectivity index (χ1n) is 19.7. The number of thioether (sulfide) groups is 1. The van der Waals surface area contributed by atoms with Crippen LogP contribution in [0.1, 0.15) is 117 Å². The van der Waals surface area contributed by atoms with Crippen molar-refractivity contribution in [1.82, 2.24) is 19.5 Å². The SMILES string of the molecule is [C-]#[N+]CCOP(O[C@@H]1C[C@H](n2cc(C)c(=O)[nH]c2=O)O[C@@H]1CO[Si](OC(C)(C)CCNC(=O)c1cc(C)cc(SC(C)=O)c1)(C(C)C)C(C)C)N(C(C)C)C(C)C. The van der Waals surface area contributed by atoms with Gasteiger partial charge in [0.1, 0.15) is 18.9 Å². The second-order valence-electron chi connectivity index (χ2n) is 16.3. The summed E-state index contributed by atoms with van der Waals surface area (Å²) in [5.74, 6) is -0.227. The van der Waals surface area contributed by atoms with E-state index in [-0.39, 0.29) is 60.4 Å². The molecule has 1 unspecified atom stereocenters. The number of nitrogens with one attached hydrogen (secondary N) is 2. The molecule has 2 heterocycles. The van der Waals surface area contributed by atoms with E-state index in [4.69, 9.17) is 29.2 Å². The van der Waals surface area contributed by atoms with E-state index in [9.17, 15) is 19.2 Å². The summed E-state index contributed by atoms with van der Waals surface area (Å²) >= 11 is 1.10. The van der Waals surface area contributed by atoms with Crippen LogP contribution >= 0.6 is 20.3 Å². The van der Waals surface area contributed by atoms with Gasteiger partial charge in [0.2, 0.25) is 6.54 Å². The Bertz CT molecular complexity index is 1810. The van der Waals surface area contributed by atoms with E-state index in [0.717, 1.165) is 22.2 Å². The number of nitrogens with zero attached hydrogens (tertiary/aromatic N) is 3. The van der Waals surface area contributed by atoms with Crippen molar-refractivity contribution in [2.24, 2.45) is 0 Å². The molecule has 0 aliphatic carbocycles. The van der Waals surface area contributed by atoms with Gasteiger partial charge in [-0.1, -0.05) is 39.5 Å². The first-order chi connectivity index (χ1) is 26.6. The van der Waals surface area contributed by atoms with Gasteiger partial charge < -0.3 is 32.8 Å². The van der Waals surface area contributed by atoms with Crippen LogP contribution in [-0.4, -0.2) is 90.0 Å². The van der Waals surface area contributed by atoms with Crippen LogP contribution in [0.25, 0.3) is 4.85 Å². The normalized spacial score (nSPS) is 18.2. The van der Waals surface area contributed by atoms with Crippen molar-refractivity contribution < 1.29 is 32.2 Å². The van der Waals surface area contributed by atoms with E-state index in [0.29, 0.717) is 24.1 Å². The van der Waals surface area contributed by atoms with Gasteiger partial charge in [0.15, 0.2) is 5.12 Å². The van der Waals surface area contributed by atoms with E-state index < -0.39 is 52.4 Å². The van der Waals surface area contributed by atoms with Gasteiger partial charge >= 0.3 is 14.3 Å². The lowest BCUT2D eigenvalue weighted by molar-refractivity contribution is -0.109. The van der Waals surface area contributed by atoms with Crippen molar-refractivity contribution in [3.63, 3.8) is 0 Å². The summed E-state index contributed by atoms with van der Waals surface area (Å²) in [5.41, 5.74) is 0.0628. The summed E-state index contributed by atoms with van der Waals surface area (Å²) in [6.45, 7) is 33.8. The average molecular weight is 850 g/mol. The maximum atomic E-state index is 13.2. The molecule has 0 saturated carbocycles. The Kier molecular flexibility index (Phi) is 18.4. The Hall–Kier alpha value is -2.71. The van der Waals surface area contributed by atoms with Crippen molar-refractivity contribution >= 4 is 39.9 Å². The van der Waals surface area contributed by atoms with Crippen LogP contribution in [-0.2, 0) is 27.4 Å². The van der Waals surface area contributed by atoms with Gasteiger partial charge in [0.05, 0.1) is 18.3 Å². The summed E-state index contributed by atoms with van der Waals surface area (Å²) in [6, 6.07) is 5.56. The number of benzene rings is 1. The molecule has 0 radical (unpaired) electrons. The molecular formula is C40H64N5O9PSSi. The number of aromatic nitrogens is 2.